The number of hydrazone groups is 1. The second-order valence-electron chi connectivity index (χ2n) is 4.47. The van der Waals surface area contributed by atoms with E-state index in [1.54, 1.807) is 37.3 Å². The van der Waals surface area contributed by atoms with Crippen LogP contribution in [0.25, 0.3) is 0 Å². The van der Waals surface area contributed by atoms with Crippen LogP contribution in [0.4, 0.5) is 0 Å². The maximum Gasteiger partial charge on any atom is 0.271 e. The second kappa shape index (κ2) is 6.02. The van der Waals surface area contributed by atoms with Gasteiger partial charge in [0.05, 0.1) is 5.71 Å². The summed E-state index contributed by atoms with van der Waals surface area (Å²) in [6, 6.07) is 14.2. The molecule has 2 N–H and O–H groups in total. The first kappa shape index (κ1) is 13.8. The number of carbonyl (C=O) groups excluding carboxylic acids is 1. The fraction of sp³-hybridized carbons (Fsp3) is 0.125. The second-order valence-corrected chi connectivity index (χ2v) is 4.47. The molecule has 2 rings (SSSR count). The average molecular weight is 268 g/mol. The quantitative estimate of drug-likeness (QED) is 0.664. The van der Waals surface area contributed by atoms with Gasteiger partial charge in [-0.1, -0.05) is 30.3 Å². The monoisotopic (exact) mass is 268 g/mol. The molecule has 0 aromatic heterocycles. The summed E-state index contributed by atoms with van der Waals surface area (Å²) in [4.78, 5) is 12.0. The van der Waals surface area contributed by atoms with E-state index in [9.17, 15) is 9.90 Å². The van der Waals surface area contributed by atoms with Gasteiger partial charge < -0.3 is 5.11 Å². The molecule has 2 aromatic carbocycles. The molecule has 0 aliphatic rings. The van der Waals surface area contributed by atoms with Crippen LogP contribution in [0.1, 0.15) is 28.4 Å². The van der Waals surface area contributed by atoms with Gasteiger partial charge in [0.25, 0.3) is 5.91 Å². The Kier molecular flexibility index (Phi) is 4.15. The summed E-state index contributed by atoms with van der Waals surface area (Å²) in [6.45, 7) is 3.60. The van der Waals surface area contributed by atoms with Gasteiger partial charge in [-0.3, -0.25) is 4.79 Å². The zero-order chi connectivity index (χ0) is 14.5. The SMILES string of the molecule is C/C(=N/NC(=O)c1ccccc1C)c1ccccc1O. The molecule has 0 aliphatic carbocycles. The molecule has 0 heterocycles. The molecule has 0 spiro atoms. The van der Waals surface area contributed by atoms with Gasteiger partial charge in [0.2, 0.25) is 0 Å². The van der Waals surface area contributed by atoms with Crippen molar-refractivity contribution in [3.63, 3.8) is 0 Å². The summed E-state index contributed by atoms with van der Waals surface area (Å²) in [5.74, 6) is -0.128. The van der Waals surface area contributed by atoms with Crippen LogP contribution in [0, 0.1) is 6.92 Å². The van der Waals surface area contributed by atoms with Crippen LogP contribution in [0.3, 0.4) is 0 Å². The molecule has 0 radical (unpaired) electrons. The molecular weight excluding hydrogens is 252 g/mol. The van der Waals surface area contributed by atoms with Gasteiger partial charge in [-0.25, -0.2) is 5.43 Å². The molecule has 0 atom stereocenters. The Morgan fingerprint density at radius 2 is 1.65 bits per heavy atom. The lowest BCUT2D eigenvalue weighted by Crippen LogP contribution is -2.20. The summed E-state index contributed by atoms with van der Waals surface area (Å²) in [5, 5.41) is 13.7. The van der Waals surface area contributed by atoms with E-state index < -0.39 is 0 Å². The smallest absolute Gasteiger partial charge is 0.271 e. The van der Waals surface area contributed by atoms with Gasteiger partial charge in [-0.15, -0.1) is 0 Å². The molecule has 102 valence electrons. The molecule has 0 saturated heterocycles. The molecule has 4 nitrogen and oxygen atoms in total. The molecule has 0 aliphatic heterocycles. The Labute approximate surface area is 117 Å². The standard InChI is InChI=1S/C16H16N2O2/c1-11-7-3-4-8-13(11)16(20)18-17-12(2)14-9-5-6-10-15(14)19/h3-10,19H,1-2H3,(H,18,20)/b17-12-. The van der Waals surface area contributed by atoms with Crippen molar-refractivity contribution in [1.82, 2.24) is 5.43 Å². The number of hydrogen-bond donors (Lipinski definition) is 2. The Morgan fingerprint density at radius 1 is 1.05 bits per heavy atom. The van der Waals surface area contributed by atoms with E-state index in [2.05, 4.69) is 10.5 Å². The van der Waals surface area contributed by atoms with Crippen molar-refractivity contribution in [2.75, 3.05) is 0 Å². The van der Waals surface area contributed by atoms with E-state index in [4.69, 9.17) is 0 Å². The largest absolute Gasteiger partial charge is 0.507 e. The molecular formula is C16H16N2O2. The van der Waals surface area contributed by atoms with Gasteiger partial charge >= 0.3 is 0 Å². The van der Waals surface area contributed by atoms with E-state index in [-0.39, 0.29) is 11.7 Å². The van der Waals surface area contributed by atoms with E-state index >= 15 is 0 Å². The molecule has 0 bridgehead atoms. The Morgan fingerprint density at radius 3 is 2.30 bits per heavy atom. The number of hydrogen-bond acceptors (Lipinski definition) is 3. The minimum Gasteiger partial charge on any atom is -0.507 e. The van der Waals surface area contributed by atoms with Crippen molar-refractivity contribution in [3.05, 3.63) is 65.2 Å². The number of aryl methyl sites for hydroxylation is 1. The van der Waals surface area contributed by atoms with E-state index in [0.29, 0.717) is 16.8 Å². The highest BCUT2D eigenvalue weighted by Crippen LogP contribution is 2.16. The number of phenolic OH excluding ortho intramolecular Hbond substituents is 1. The average Bonchev–Trinajstić information content (AvgIpc) is 2.45. The van der Waals surface area contributed by atoms with Gasteiger partial charge in [0.1, 0.15) is 5.75 Å². The lowest BCUT2D eigenvalue weighted by molar-refractivity contribution is 0.0954. The van der Waals surface area contributed by atoms with E-state index in [1.165, 1.54) is 0 Å². The van der Waals surface area contributed by atoms with Crippen LogP contribution in [-0.2, 0) is 0 Å². The zero-order valence-corrected chi connectivity index (χ0v) is 11.4. The van der Waals surface area contributed by atoms with Gasteiger partial charge in [-0.05, 0) is 37.6 Å². The highest BCUT2D eigenvalue weighted by Gasteiger charge is 2.08. The van der Waals surface area contributed by atoms with Crippen molar-refractivity contribution in [3.8, 4) is 5.75 Å². The van der Waals surface area contributed by atoms with Crippen molar-refractivity contribution in [2.45, 2.75) is 13.8 Å². The van der Waals surface area contributed by atoms with Crippen LogP contribution in [0.15, 0.2) is 53.6 Å². The number of benzene rings is 2. The number of nitrogens with one attached hydrogen (secondary N) is 1. The summed E-state index contributed by atoms with van der Waals surface area (Å²) in [5.41, 5.74) is 5.12. The maximum absolute atomic E-state index is 12.0. The van der Waals surface area contributed by atoms with E-state index in [0.717, 1.165) is 5.56 Å². The minimum atomic E-state index is -0.266. The third-order valence-corrected chi connectivity index (χ3v) is 3.01. The summed E-state index contributed by atoms with van der Waals surface area (Å²) >= 11 is 0. The zero-order valence-electron chi connectivity index (χ0n) is 11.4. The van der Waals surface area contributed by atoms with Crippen molar-refractivity contribution in [2.24, 2.45) is 5.10 Å². The Bertz CT molecular complexity index is 663. The Balaban J connectivity index is 2.16. The number of nitrogens with zero attached hydrogens (tertiary/aromatic N) is 1. The molecule has 0 saturated carbocycles. The minimum absolute atomic E-state index is 0.138. The number of aromatic hydroxyl groups is 1. The number of phenols is 1. The predicted molar refractivity (Wildman–Crippen MR) is 79.0 cm³/mol. The maximum atomic E-state index is 12.0. The van der Waals surface area contributed by atoms with Crippen molar-refractivity contribution >= 4 is 11.6 Å². The van der Waals surface area contributed by atoms with E-state index in [1.807, 2.05) is 25.1 Å². The molecule has 0 fully saturated rings. The predicted octanol–water partition coefficient (Wildman–Crippen LogP) is 2.85. The number of para-hydroxylation sites is 1. The molecule has 4 heteroatoms. The first-order chi connectivity index (χ1) is 9.59. The molecule has 1 amide bonds. The Hall–Kier alpha value is -2.62. The van der Waals surface area contributed by atoms with Crippen molar-refractivity contribution in [1.29, 1.82) is 0 Å². The third kappa shape index (κ3) is 3.03. The van der Waals surface area contributed by atoms with Crippen molar-refractivity contribution < 1.29 is 9.90 Å². The lowest BCUT2D eigenvalue weighted by Gasteiger charge is -2.06. The summed E-state index contributed by atoms with van der Waals surface area (Å²) < 4.78 is 0. The molecule has 20 heavy (non-hydrogen) atoms. The van der Waals surface area contributed by atoms with Gasteiger partial charge in [0.15, 0.2) is 0 Å². The van der Waals surface area contributed by atoms with Crippen LogP contribution in [-0.4, -0.2) is 16.7 Å². The van der Waals surface area contributed by atoms with Crippen LogP contribution in [0.2, 0.25) is 0 Å². The molecule has 0 unspecified atom stereocenters. The normalized spacial score (nSPS) is 11.2. The topological polar surface area (TPSA) is 61.7 Å². The third-order valence-electron chi connectivity index (χ3n) is 3.01. The van der Waals surface area contributed by atoms with Crippen LogP contribution < -0.4 is 5.43 Å². The first-order valence-corrected chi connectivity index (χ1v) is 6.28. The van der Waals surface area contributed by atoms with Gasteiger partial charge in [0, 0.05) is 11.1 Å². The first-order valence-electron chi connectivity index (χ1n) is 6.28. The van der Waals surface area contributed by atoms with Crippen LogP contribution >= 0.6 is 0 Å². The highest BCUT2D eigenvalue weighted by molar-refractivity contribution is 6.02. The fourth-order valence-electron chi connectivity index (χ4n) is 1.86. The summed E-state index contributed by atoms with van der Waals surface area (Å²) in [7, 11) is 0. The number of carbonyl (C=O) groups is 1. The molecule has 2 aromatic rings. The highest BCUT2D eigenvalue weighted by atomic mass is 16.3. The number of rotatable bonds is 3. The number of amides is 1. The summed E-state index contributed by atoms with van der Waals surface area (Å²) in [6.07, 6.45) is 0. The van der Waals surface area contributed by atoms with Crippen LogP contribution in [0.5, 0.6) is 5.75 Å². The van der Waals surface area contributed by atoms with Gasteiger partial charge in [-0.2, -0.15) is 5.10 Å². The fourth-order valence-corrected chi connectivity index (χ4v) is 1.86. The lowest BCUT2D eigenvalue weighted by atomic mass is 10.1.